The zero-order valence-electron chi connectivity index (χ0n) is 14.3. The summed E-state index contributed by atoms with van der Waals surface area (Å²) >= 11 is 0. The molecule has 0 spiro atoms. The maximum absolute atomic E-state index is 12.7. The van der Waals surface area contributed by atoms with Crippen LogP contribution in [0.15, 0.2) is 65.5 Å². The molecule has 1 heterocycles. The number of rotatable bonds is 6. The summed E-state index contributed by atoms with van der Waals surface area (Å²) in [6, 6.07) is 19.5. The summed E-state index contributed by atoms with van der Waals surface area (Å²) in [4.78, 5) is 24.2. The van der Waals surface area contributed by atoms with Crippen LogP contribution in [0.1, 0.15) is 19.8 Å². The molecule has 0 aliphatic heterocycles. The van der Waals surface area contributed by atoms with Crippen molar-refractivity contribution in [2.75, 3.05) is 6.61 Å². The maximum Gasteiger partial charge on any atom is 0.305 e. The molecule has 3 rings (SSSR count). The minimum atomic E-state index is -0.222. The molecule has 4 heteroatoms. The van der Waals surface area contributed by atoms with Gasteiger partial charge in [-0.05, 0) is 30.5 Å². The van der Waals surface area contributed by atoms with E-state index in [2.05, 4.69) is 0 Å². The average molecular weight is 335 g/mol. The Balaban J connectivity index is 1.97. The van der Waals surface area contributed by atoms with Gasteiger partial charge in [0.25, 0.3) is 5.56 Å². The van der Waals surface area contributed by atoms with Gasteiger partial charge in [0.2, 0.25) is 0 Å². The lowest BCUT2D eigenvalue weighted by atomic mass is 10.0. The van der Waals surface area contributed by atoms with E-state index in [1.807, 2.05) is 54.6 Å². The number of hydrogen-bond donors (Lipinski definition) is 0. The third-order valence-corrected chi connectivity index (χ3v) is 4.17. The van der Waals surface area contributed by atoms with Gasteiger partial charge in [0.05, 0.1) is 12.1 Å². The van der Waals surface area contributed by atoms with Gasteiger partial charge < -0.3 is 9.30 Å². The Bertz CT molecular complexity index is 929. The highest BCUT2D eigenvalue weighted by molar-refractivity contribution is 5.94. The molecule has 0 bridgehead atoms. The number of pyridine rings is 1. The number of carbonyl (C=O) groups is 1. The Morgan fingerprint density at radius 2 is 1.76 bits per heavy atom. The van der Waals surface area contributed by atoms with Crippen LogP contribution in [0.25, 0.3) is 22.0 Å². The summed E-state index contributed by atoms with van der Waals surface area (Å²) in [5.74, 6) is -0.222. The van der Waals surface area contributed by atoms with Crippen molar-refractivity contribution >= 4 is 16.9 Å². The SMILES string of the molecule is CCOC(=O)CCCn1c(=O)cc(-c2ccccc2)c2ccccc21. The monoisotopic (exact) mass is 335 g/mol. The molecular formula is C21H21NO3. The molecule has 3 aromatic rings. The van der Waals surface area contributed by atoms with Crippen molar-refractivity contribution in [3.8, 4) is 11.1 Å². The second kappa shape index (κ2) is 7.79. The molecule has 0 aliphatic carbocycles. The molecule has 0 saturated heterocycles. The maximum atomic E-state index is 12.7. The van der Waals surface area contributed by atoms with Crippen molar-refractivity contribution in [2.45, 2.75) is 26.3 Å². The fourth-order valence-electron chi connectivity index (χ4n) is 3.04. The highest BCUT2D eigenvalue weighted by Crippen LogP contribution is 2.27. The van der Waals surface area contributed by atoms with Crippen LogP contribution in [0.4, 0.5) is 0 Å². The normalized spacial score (nSPS) is 10.8. The number of carbonyl (C=O) groups excluding carboxylic acids is 1. The molecule has 0 radical (unpaired) electrons. The van der Waals surface area contributed by atoms with E-state index >= 15 is 0 Å². The van der Waals surface area contributed by atoms with E-state index in [4.69, 9.17) is 4.74 Å². The molecule has 0 atom stereocenters. The minimum Gasteiger partial charge on any atom is -0.466 e. The summed E-state index contributed by atoms with van der Waals surface area (Å²) < 4.78 is 6.69. The molecule has 0 amide bonds. The molecular weight excluding hydrogens is 314 g/mol. The van der Waals surface area contributed by atoms with E-state index in [0.29, 0.717) is 26.0 Å². The predicted molar refractivity (Wildman–Crippen MR) is 99.5 cm³/mol. The summed E-state index contributed by atoms with van der Waals surface area (Å²) in [5, 5.41) is 1.03. The number of para-hydroxylation sites is 1. The Hall–Kier alpha value is -2.88. The van der Waals surface area contributed by atoms with Crippen LogP contribution in [-0.4, -0.2) is 17.1 Å². The summed E-state index contributed by atoms with van der Waals surface area (Å²) in [6.07, 6.45) is 0.891. The third-order valence-electron chi connectivity index (χ3n) is 4.17. The average Bonchev–Trinajstić information content (AvgIpc) is 2.64. The van der Waals surface area contributed by atoms with Crippen molar-refractivity contribution in [1.82, 2.24) is 4.57 Å². The summed E-state index contributed by atoms with van der Waals surface area (Å²) in [7, 11) is 0. The number of benzene rings is 2. The van der Waals surface area contributed by atoms with Gasteiger partial charge in [-0.3, -0.25) is 9.59 Å². The number of esters is 1. The predicted octanol–water partition coefficient (Wildman–Crippen LogP) is 4.01. The standard InChI is InChI=1S/C21H21NO3/c1-2-25-21(24)13-8-14-22-19-12-7-6-11-17(19)18(15-20(22)23)16-9-4-3-5-10-16/h3-7,9-12,15H,2,8,13-14H2,1H3. The Morgan fingerprint density at radius 3 is 2.52 bits per heavy atom. The quantitative estimate of drug-likeness (QED) is 0.640. The number of hydrogen-bond acceptors (Lipinski definition) is 3. The van der Waals surface area contributed by atoms with E-state index in [1.54, 1.807) is 17.6 Å². The van der Waals surface area contributed by atoms with Crippen LogP contribution in [-0.2, 0) is 16.1 Å². The number of ether oxygens (including phenoxy) is 1. The van der Waals surface area contributed by atoms with Crippen LogP contribution >= 0.6 is 0 Å². The number of fused-ring (bicyclic) bond motifs is 1. The van der Waals surface area contributed by atoms with Gasteiger partial charge in [0, 0.05) is 24.4 Å². The lowest BCUT2D eigenvalue weighted by Gasteiger charge is -2.13. The second-order valence-corrected chi connectivity index (χ2v) is 5.84. The van der Waals surface area contributed by atoms with Crippen molar-refractivity contribution in [3.63, 3.8) is 0 Å². The van der Waals surface area contributed by atoms with Gasteiger partial charge in [-0.25, -0.2) is 0 Å². The van der Waals surface area contributed by atoms with E-state index in [9.17, 15) is 9.59 Å². The highest BCUT2D eigenvalue weighted by atomic mass is 16.5. The zero-order chi connectivity index (χ0) is 17.6. The molecule has 128 valence electrons. The molecule has 0 saturated carbocycles. The Labute approximate surface area is 146 Å². The van der Waals surface area contributed by atoms with Gasteiger partial charge in [0.15, 0.2) is 0 Å². The van der Waals surface area contributed by atoms with Gasteiger partial charge in [-0.15, -0.1) is 0 Å². The molecule has 25 heavy (non-hydrogen) atoms. The van der Waals surface area contributed by atoms with Crippen molar-refractivity contribution in [2.24, 2.45) is 0 Å². The molecule has 4 nitrogen and oxygen atoms in total. The molecule has 0 unspecified atom stereocenters. The topological polar surface area (TPSA) is 48.3 Å². The van der Waals surface area contributed by atoms with E-state index in [1.165, 1.54) is 0 Å². The Morgan fingerprint density at radius 1 is 1.04 bits per heavy atom. The van der Waals surface area contributed by atoms with E-state index in [-0.39, 0.29) is 11.5 Å². The van der Waals surface area contributed by atoms with Gasteiger partial charge in [-0.1, -0.05) is 48.5 Å². The number of aryl methyl sites for hydroxylation is 1. The highest BCUT2D eigenvalue weighted by Gasteiger charge is 2.10. The first-order chi connectivity index (χ1) is 12.2. The largest absolute Gasteiger partial charge is 0.466 e. The summed E-state index contributed by atoms with van der Waals surface area (Å²) in [6.45, 7) is 2.67. The van der Waals surface area contributed by atoms with Crippen LogP contribution in [0.2, 0.25) is 0 Å². The van der Waals surface area contributed by atoms with Crippen LogP contribution in [0.3, 0.4) is 0 Å². The first kappa shape index (κ1) is 17.0. The summed E-state index contributed by atoms with van der Waals surface area (Å²) in [5.41, 5.74) is 2.79. The molecule has 1 aromatic heterocycles. The minimum absolute atomic E-state index is 0.0542. The first-order valence-corrected chi connectivity index (χ1v) is 8.54. The van der Waals surface area contributed by atoms with Gasteiger partial charge in [-0.2, -0.15) is 0 Å². The second-order valence-electron chi connectivity index (χ2n) is 5.84. The molecule has 0 aliphatic rings. The van der Waals surface area contributed by atoms with Crippen molar-refractivity contribution in [1.29, 1.82) is 0 Å². The van der Waals surface area contributed by atoms with Gasteiger partial charge >= 0.3 is 5.97 Å². The lowest BCUT2D eigenvalue weighted by molar-refractivity contribution is -0.143. The van der Waals surface area contributed by atoms with Crippen LogP contribution in [0.5, 0.6) is 0 Å². The molecule has 2 aromatic carbocycles. The number of nitrogens with zero attached hydrogens (tertiary/aromatic N) is 1. The van der Waals surface area contributed by atoms with E-state index in [0.717, 1.165) is 22.0 Å². The lowest BCUT2D eigenvalue weighted by Crippen LogP contribution is -2.21. The van der Waals surface area contributed by atoms with Crippen molar-refractivity contribution in [3.05, 3.63) is 71.0 Å². The van der Waals surface area contributed by atoms with E-state index < -0.39 is 0 Å². The smallest absolute Gasteiger partial charge is 0.305 e. The van der Waals surface area contributed by atoms with Crippen molar-refractivity contribution < 1.29 is 9.53 Å². The third kappa shape index (κ3) is 3.79. The molecule has 0 N–H and O–H groups in total. The zero-order valence-corrected chi connectivity index (χ0v) is 14.3. The van der Waals surface area contributed by atoms with Crippen LogP contribution < -0.4 is 5.56 Å². The fraction of sp³-hybridized carbons (Fsp3) is 0.238. The van der Waals surface area contributed by atoms with Crippen LogP contribution in [0, 0.1) is 0 Å². The fourth-order valence-corrected chi connectivity index (χ4v) is 3.04. The first-order valence-electron chi connectivity index (χ1n) is 8.54. The molecule has 0 fully saturated rings. The Kier molecular flexibility index (Phi) is 5.29. The number of aromatic nitrogens is 1. The van der Waals surface area contributed by atoms with Gasteiger partial charge in [0.1, 0.15) is 0 Å².